The Bertz CT molecular complexity index is 644. The Morgan fingerprint density at radius 3 is 2.81 bits per heavy atom. The smallest absolute Gasteiger partial charge is 0.335 e. The van der Waals surface area contributed by atoms with Crippen LogP contribution in [0.3, 0.4) is 0 Å². The van der Waals surface area contributed by atoms with Crippen LogP contribution in [0.15, 0.2) is 27.6 Å². The van der Waals surface area contributed by atoms with Gasteiger partial charge in [0.1, 0.15) is 0 Å². The van der Waals surface area contributed by atoms with E-state index in [4.69, 9.17) is 5.11 Å². The third-order valence-corrected chi connectivity index (χ3v) is 6.60. The van der Waals surface area contributed by atoms with Crippen LogP contribution in [0.2, 0.25) is 0 Å². The maximum absolute atomic E-state index is 12.7. The van der Waals surface area contributed by atoms with E-state index in [1.807, 2.05) is 0 Å². The van der Waals surface area contributed by atoms with Crippen LogP contribution in [0, 0.1) is 5.92 Å². The first-order valence-corrected chi connectivity index (χ1v) is 9.12. The van der Waals surface area contributed by atoms with E-state index in [-0.39, 0.29) is 10.5 Å². The maximum atomic E-state index is 12.7. The molecule has 0 bridgehead atoms. The van der Waals surface area contributed by atoms with Crippen LogP contribution in [-0.2, 0) is 10.0 Å². The fraction of sp³-hybridized carbons (Fsp3) is 0.500. The average molecular weight is 376 g/mol. The minimum Gasteiger partial charge on any atom is -0.478 e. The SMILES string of the molecule is CCCC1CCN(S(=O)(=O)c2cc(C(=O)O)ccc2Br)C1. The minimum atomic E-state index is -3.65. The second kappa shape index (κ2) is 6.46. The van der Waals surface area contributed by atoms with Gasteiger partial charge in [0.15, 0.2) is 0 Å². The Morgan fingerprint density at radius 2 is 2.19 bits per heavy atom. The molecule has 116 valence electrons. The molecule has 1 aliphatic rings. The van der Waals surface area contributed by atoms with Crippen molar-refractivity contribution >= 4 is 31.9 Å². The quantitative estimate of drug-likeness (QED) is 0.858. The molecule has 0 amide bonds. The highest BCUT2D eigenvalue weighted by Crippen LogP contribution is 2.31. The zero-order chi connectivity index (χ0) is 15.6. The first-order valence-electron chi connectivity index (χ1n) is 6.89. The summed E-state index contributed by atoms with van der Waals surface area (Å²) in [6.45, 7) is 3.10. The lowest BCUT2D eigenvalue weighted by Crippen LogP contribution is -2.29. The predicted octanol–water partition coefficient (Wildman–Crippen LogP) is 2.96. The molecule has 2 rings (SSSR count). The van der Waals surface area contributed by atoms with Crippen LogP contribution >= 0.6 is 15.9 Å². The molecule has 1 aliphatic heterocycles. The summed E-state index contributed by atoms with van der Waals surface area (Å²) in [5.41, 5.74) is -0.0268. The Kier molecular flexibility index (Phi) is 5.06. The molecule has 1 aromatic rings. The van der Waals surface area contributed by atoms with Gasteiger partial charge in [-0.2, -0.15) is 4.31 Å². The van der Waals surface area contributed by atoms with Crippen molar-refractivity contribution in [2.24, 2.45) is 5.92 Å². The number of benzene rings is 1. The highest BCUT2D eigenvalue weighted by molar-refractivity contribution is 9.10. The van der Waals surface area contributed by atoms with Crippen molar-refractivity contribution in [1.82, 2.24) is 4.31 Å². The lowest BCUT2D eigenvalue weighted by molar-refractivity contribution is 0.0696. The third kappa shape index (κ3) is 3.46. The topological polar surface area (TPSA) is 74.7 Å². The van der Waals surface area contributed by atoms with Gasteiger partial charge in [0.05, 0.1) is 10.5 Å². The van der Waals surface area contributed by atoms with Gasteiger partial charge in [-0.3, -0.25) is 0 Å². The molecular weight excluding hydrogens is 358 g/mol. The van der Waals surface area contributed by atoms with Crippen LogP contribution in [0.25, 0.3) is 0 Å². The highest BCUT2D eigenvalue weighted by Gasteiger charge is 2.33. The molecule has 0 aromatic heterocycles. The summed E-state index contributed by atoms with van der Waals surface area (Å²) < 4.78 is 27.2. The van der Waals surface area contributed by atoms with Gasteiger partial charge in [-0.15, -0.1) is 0 Å². The Balaban J connectivity index is 2.32. The van der Waals surface area contributed by atoms with Gasteiger partial charge >= 0.3 is 5.97 Å². The van der Waals surface area contributed by atoms with Crippen LogP contribution in [0.4, 0.5) is 0 Å². The van der Waals surface area contributed by atoms with Crippen molar-refractivity contribution in [3.05, 3.63) is 28.2 Å². The van der Waals surface area contributed by atoms with Crippen molar-refractivity contribution in [2.45, 2.75) is 31.1 Å². The van der Waals surface area contributed by atoms with E-state index in [2.05, 4.69) is 22.9 Å². The Hall–Kier alpha value is -0.920. The maximum Gasteiger partial charge on any atom is 0.335 e. The Morgan fingerprint density at radius 1 is 1.48 bits per heavy atom. The second-order valence-corrected chi connectivity index (χ2v) is 8.02. The molecular formula is C14H18BrNO4S. The fourth-order valence-electron chi connectivity index (χ4n) is 2.63. The molecule has 0 aliphatic carbocycles. The molecule has 0 radical (unpaired) electrons. The minimum absolute atomic E-state index is 0.0268. The molecule has 1 unspecified atom stereocenters. The van der Waals surface area contributed by atoms with E-state index in [0.29, 0.717) is 23.5 Å². The molecule has 1 N–H and O–H groups in total. The third-order valence-electron chi connectivity index (χ3n) is 3.74. The lowest BCUT2D eigenvalue weighted by atomic mass is 10.0. The van der Waals surface area contributed by atoms with Gasteiger partial charge in [-0.1, -0.05) is 13.3 Å². The summed E-state index contributed by atoms with van der Waals surface area (Å²) in [5.74, 6) is -0.740. The van der Waals surface area contributed by atoms with E-state index < -0.39 is 16.0 Å². The predicted molar refractivity (Wildman–Crippen MR) is 82.9 cm³/mol. The largest absolute Gasteiger partial charge is 0.478 e. The van der Waals surface area contributed by atoms with Gasteiger partial charge in [0.25, 0.3) is 0 Å². The molecule has 21 heavy (non-hydrogen) atoms. The Labute approximate surface area is 133 Å². The standard InChI is InChI=1S/C14H18BrNO4S/c1-2-3-10-6-7-16(9-10)21(19,20)13-8-11(14(17)18)4-5-12(13)15/h4-5,8,10H,2-3,6-7,9H2,1H3,(H,17,18). The van der Waals surface area contributed by atoms with E-state index in [9.17, 15) is 13.2 Å². The highest BCUT2D eigenvalue weighted by atomic mass is 79.9. The van der Waals surface area contributed by atoms with Crippen molar-refractivity contribution in [2.75, 3.05) is 13.1 Å². The molecule has 0 spiro atoms. The van der Waals surface area contributed by atoms with Crippen LogP contribution in [-0.4, -0.2) is 36.9 Å². The number of sulfonamides is 1. The second-order valence-electron chi connectivity index (χ2n) is 5.26. The number of rotatable bonds is 5. The van der Waals surface area contributed by atoms with Crippen molar-refractivity contribution < 1.29 is 18.3 Å². The zero-order valence-electron chi connectivity index (χ0n) is 11.8. The van der Waals surface area contributed by atoms with E-state index in [0.717, 1.165) is 19.3 Å². The van der Waals surface area contributed by atoms with Crippen LogP contribution in [0.1, 0.15) is 36.5 Å². The average Bonchev–Trinajstić information content (AvgIpc) is 2.88. The van der Waals surface area contributed by atoms with Crippen molar-refractivity contribution in [3.8, 4) is 0 Å². The lowest BCUT2D eigenvalue weighted by Gasteiger charge is -2.18. The monoisotopic (exact) mass is 375 g/mol. The van der Waals surface area contributed by atoms with Gasteiger partial charge < -0.3 is 5.11 Å². The van der Waals surface area contributed by atoms with E-state index in [1.54, 1.807) is 0 Å². The van der Waals surface area contributed by atoms with Crippen molar-refractivity contribution in [3.63, 3.8) is 0 Å². The first-order chi connectivity index (χ1) is 9.86. The van der Waals surface area contributed by atoms with Crippen LogP contribution in [0.5, 0.6) is 0 Å². The number of aromatic carboxylic acids is 1. The van der Waals surface area contributed by atoms with Crippen LogP contribution < -0.4 is 0 Å². The van der Waals surface area contributed by atoms with Gasteiger partial charge in [-0.25, -0.2) is 13.2 Å². The van der Waals surface area contributed by atoms with Crippen molar-refractivity contribution in [1.29, 1.82) is 0 Å². The number of hydrogen-bond donors (Lipinski definition) is 1. The molecule has 1 heterocycles. The summed E-state index contributed by atoms with van der Waals surface area (Å²) in [6, 6.07) is 4.07. The molecule has 1 saturated heterocycles. The molecule has 1 aromatic carbocycles. The number of halogens is 1. The summed E-state index contributed by atoms with van der Waals surface area (Å²) in [6.07, 6.45) is 2.92. The summed E-state index contributed by atoms with van der Waals surface area (Å²) >= 11 is 3.21. The first kappa shape index (κ1) is 16.5. The molecule has 5 nitrogen and oxygen atoms in total. The summed E-state index contributed by atoms with van der Waals surface area (Å²) in [4.78, 5) is 11.1. The fourth-order valence-corrected chi connectivity index (χ4v) is 5.11. The number of nitrogens with zero attached hydrogens (tertiary/aromatic N) is 1. The van der Waals surface area contributed by atoms with Gasteiger partial charge in [0.2, 0.25) is 10.0 Å². The van der Waals surface area contributed by atoms with Gasteiger partial charge in [-0.05, 0) is 52.9 Å². The molecule has 7 heteroatoms. The summed E-state index contributed by atoms with van der Waals surface area (Å²) in [5, 5.41) is 9.02. The normalized spacial score (nSPS) is 19.8. The number of carboxylic acids is 1. The molecule has 1 fully saturated rings. The summed E-state index contributed by atoms with van der Waals surface area (Å²) in [7, 11) is -3.65. The van der Waals surface area contributed by atoms with Gasteiger partial charge in [0, 0.05) is 17.6 Å². The van der Waals surface area contributed by atoms with E-state index >= 15 is 0 Å². The number of hydrogen-bond acceptors (Lipinski definition) is 3. The molecule has 0 saturated carbocycles. The van der Waals surface area contributed by atoms with E-state index in [1.165, 1.54) is 22.5 Å². The molecule has 1 atom stereocenters. The number of carboxylic acid groups (broad SMARTS) is 1. The zero-order valence-corrected chi connectivity index (χ0v) is 14.2. The number of carbonyl (C=O) groups is 1.